The van der Waals surface area contributed by atoms with Crippen LogP contribution < -0.4 is 4.90 Å². The number of anilines is 1. The van der Waals surface area contributed by atoms with E-state index in [-0.39, 0.29) is 6.10 Å². The summed E-state index contributed by atoms with van der Waals surface area (Å²) in [5.74, 6) is 1.52. The van der Waals surface area contributed by atoms with E-state index in [0.717, 1.165) is 51.6 Å². The number of rotatable bonds is 4. The molecule has 25 heavy (non-hydrogen) atoms. The Morgan fingerprint density at radius 2 is 2.04 bits per heavy atom. The molecular formula is C18H26N6O. The largest absolute Gasteiger partial charge is 0.372 e. The molecule has 0 spiro atoms. The third kappa shape index (κ3) is 3.67. The third-order valence-electron chi connectivity index (χ3n) is 5.34. The number of ether oxygens (including phenoxy) is 1. The highest BCUT2D eigenvalue weighted by molar-refractivity contribution is 5.36. The highest BCUT2D eigenvalue weighted by Gasteiger charge is 2.31. The molecule has 0 bridgehead atoms. The van der Waals surface area contributed by atoms with Gasteiger partial charge in [0.05, 0.1) is 5.69 Å². The van der Waals surface area contributed by atoms with Gasteiger partial charge >= 0.3 is 0 Å². The average molecular weight is 342 g/mol. The van der Waals surface area contributed by atoms with E-state index >= 15 is 0 Å². The monoisotopic (exact) mass is 342 g/mol. The summed E-state index contributed by atoms with van der Waals surface area (Å²) in [5.41, 5.74) is 1.20. The van der Waals surface area contributed by atoms with E-state index in [4.69, 9.17) is 4.74 Å². The second-order valence-corrected chi connectivity index (χ2v) is 6.94. The predicted octanol–water partition coefficient (Wildman–Crippen LogP) is 1.50. The van der Waals surface area contributed by atoms with E-state index in [1.807, 2.05) is 30.1 Å². The van der Waals surface area contributed by atoms with E-state index in [9.17, 15) is 0 Å². The van der Waals surface area contributed by atoms with Gasteiger partial charge in [0.15, 0.2) is 5.82 Å². The average Bonchev–Trinajstić information content (AvgIpc) is 3.09. The smallest absolute Gasteiger partial charge is 0.151 e. The Labute approximate surface area is 148 Å². The molecule has 0 aromatic carbocycles. The summed E-state index contributed by atoms with van der Waals surface area (Å²) < 4.78 is 8.08. The molecule has 0 radical (unpaired) electrons. The van der Waals surface area contributed by atoms with Crippen molar-refractivity contribution in [3.63, 3.8) is 0 Å². The Balaban J connectivity index is 1.36. The molecule has 4 heterocycles. The quantitative estimate of drug-likeness (QED) is 0.839. The molecule has 0 saturated carbocycles. The molecule has 2 saturated heterocycles. The Kier molecular flexibility index (Phi) is 4.94. The second-order valence-electron chi connectivity index (χ2n) is 6.94. The number of aryl methyl sites for hydroxylation is 1. The summed E-state index contributed by atoms with van der Waals surface area (Å²) in [6.45, 7) is 6.07. The third-order valence-corrected chi connectivity index (χ3v) is 5.34. The fraction of sp³-hybridized carbons (Fsp3) is 0.611. The van der Waals surface area contributed by atoms with Gasteiger partial charge in [-0.1, -0.05) is 0 Å². The minimum atomic E-state index is 0.166. The molecule has 0 aliphatic carbocycles. The summed E-state index contributed by atoms with van der Waals surface area (Å²) in [6.07, 6.45) is 6.13. The van der Waals surface area contributed by atoms with Crippen LogP contribution in [0.5, 0.6) is 0 Å². The zero-order valence-corrected chi connectivity index (χ0v) is 14.8. The molecule has 2 atom stereocenters. The van der Waals surface area contributed by atoms with Crippen molar-refractivity contribution < 1.29 is 4.74 Å². The van der Waals surface area contributed by atoms with Crippen molar-refractivity contribution in [2.45, 2.75) is 18.9 Å². The van der Waals surface area contributed by atoms with E-state index in [1.54, 1.807) is 6.20 Å². The summed E-state index contributed by atoms with van der Waals surface area (Å²) in [6, 6.07) is 6.08. The lowest BCUT2D eigenvalue weighted by atomic mass is 9.91. The van der Waals surface area contributed by atoms with Gasteiger partial charge in [0.25, 0.3) is 0 Å². The minimum absolute atomic E-state index is 0.166. The van der Waals surface area contributed by atoms with Gasteiger partial charge in [0.2, 0.25) is 0 Å². The molecule has 2 fully saturated rings. The van der Waals surface area contributed by atoms with E-state index in [0.29, 0.717) is 5.92 Å². The normalized spacial score (nSPS) is 25.2. The van der Waals surface area contributed by atoms with E-state index in [2.05, 4.69) is 31.2 Å². The molecule has 2 aromatic rings. The number of hydrogen-bond acceptors (Lipinski definition) is 6. The molecule has 2 aromatic heterocycles. The van der Waals surface area contributed by atoms with Crippen LogP contribution in [0.1, 0.15) is 24.6 Å². The highest BCUT2D eigenvalue weighted by Crippen LogP contribution is 2.34. The van der Waals surface area contributed by atoms with Crippen LogP contribution in [0.4, 0.5) is 5.82 Å². The van der Waals surface area contributed by atoms with Crippen LogP contribution in [-0.4, -0.2) is 64.2 Å². The van der Waals surface area contributed by atoms with Crippen LogP contribution in [0.2, 0.25) is 0 Å². The van der Waals surface area contributed by atoms with Gasteiger partial charge in [-0.05, 0) is 31.0 Å². The van der Waals surface area contributed by atoms with Crippen molar-refractivity contribution in [3.05, 3.63) is 36.3 Å². The summed E-state index contributed by atoms with van der Waals surface area (Å²) in [7, 11) is 2.00. The maximum atomic E-state index is 6.13. The zero-order chi connectivity index (χ0) is 17.1. The number of piperazine rings is 1. The summed E-state index contributed by atoms with van der Waals surface area (Å²) in [4.78, 5) is 4.88. The van der Waals surface area contributed by atoms with Crippen molar-refractivity contribution in [2.75, 3.05) is 44.2 Å². The Morgan fingerprint density at radius 1 is 1.16 bits per heavy atom. The van der Waals surface area contributed by atoms with Gasteiger partial charge < -0.3 is 9.64 Å². The van der Waals surface area contributed by atoms with Crippen molar-refractivity contribution >= 4 is 5.82 Å². The molecule has 0 unspecified atom stereocenters. The molecule has 134 valence electrons. The van der Waals surface area contributed by atoms with Crippen LogP contribution in [0.25, 0.3) is 0 Å². The summed E-state index contributed by atoms with van der Waals surface area (Å²) >= 11 is 0. The van der Waals surface area contributed by atoms with Gasteiger partial charge in [-0.25, -0.2) is 0 Å². The van der Waals surface area contributed by atoms with Crippen molar-refractivity contribution in [2.24, 2.45) is 13.0 Å². The van der Waals surface area contributed by atoms with Crippen LogP contribution in [0.3, 0.4) is 0 Å². The fourth-order valence-electron chi connectivity index (χ4n) is 3.97. The first-order valence-corrected chi connectivity index (χ1v) is 9.16. The van der Waals surface area contributed by atoms with E-state index < -0.39 is 0 Å². The van der Waals surface area contributed by atoms with Gasteiger partial charge in [-0.2, -0.15) is 10.2 Å². The molecule has 0 amide bonds. The Bertz CT molecular complexity index is 667. The molecule has 4 rings (SSSR count). The van der Waals surface area contributed by atoms with Crippen molar-refractivity contribution in [3.8, 4) is 0 Å². The van der Waals surface area contributed by atoms with Crippen molar-refractivity contribution in [1.82, 2.24) is 24.9 Å². The molecule has 7 nitrogen and oxygen atoms in total. The first-order valence-electron chi connectivity index (χ1n) is 9.16. The molecular weight excluding hydrogens is 316 g/mol. The predicted molar refractivity (Wildman–Crippen MR) is 95.3 cm³/mol. The number of aromatic nitrogens is 4. The zero-order valence-electron chi connectivity index (χ0n) is 14.8. The molecule has 2 aliphatic rings. The number of nitrogens with zero attached hydrogens (tertiary/aromatic N) is 6. The highest BCUT2D eigenvalue weighted by atomic mass is 16.5. The van der Waals surface area contributed by atoms with Gasteiger partial charge in [0.1, 0.15) is 6.10 Å². The Hall–Kier alpha value is -1.99. The minimum Gasteiger partial charge on any atom is -0.372 e. The lowest BCUT2D eigenvalue weighted by Gasteiger charge is -2.39. The lowest BCUT2D eigenvalue weighted by Crippen LogP contribution is -2.49. The van der Waals surface area contributed by atoms with Crippen LogP contribution in [0.15, 0.2) is 30.6 Å². The maximum Gasteiger partial charge on any atom is 0.151 e. The summed E-state index contributed by atoms with van der Waals surface area (Å²) in [5, 5.41) is 12.5. The standard InChI is InChI=1S/C18H26N6O/c1-22-16(6-8-20-22)18-15(4-3-13-25-18)14-23-9-11-24(12-10-23)17-5-2-7-19-21-17/h2,5-8,15,18H,3-4,9-14H2,1H3/t15-,18+/m0/s1. The molecule has 2 aliphatic heterocycles. The van der Waals surface area contributed by atoms with Gasteiger partial charge in [-0.3, -0.25) is 9.58 Å². The van der Waals surface area contributed by atoms with Crippen LogP contribution in [-0.2, 0) is 11.8 Å². The maximum absolute atomic E-state index is 6.13. The lowest BCUT2D eigenvalue weighted by molar-refractivity contribution is -0.0435. The van der Waals surface area contributed by atoms with Crippen LogP contribution in [0, 0.1) is 5.92 Å². The van der Waals surface area contributed by atoms with Crippen molar-refractivity contribution in [1.29, 1.82) is 0 Å². The van der Waals surface area contributed by atoms with E-state index in [1.165, 1.54) is 12.1 Å². The van der Waals surface area contributed by atoms with Gasteiger partial charge in [-0.15, -0.1) is 5.10 Å². The van der Waals surface area contributed by atoms with Gasteiger partial charge in [0, 0.05) is 64.7 Å². The first-order chi connectivity index (χ1) is 12.3. The molecule has 7 heteroatoms. The SMILES string of the molecule is Cn1nccc1[C@@H]1OCCC[C@H]1CN1CCN(c2cccnn2)CC1. The first kappa shape index (κ1) is 16.5. The fourth-order valence-corrected chi connectivity index (χ4v) is 3.97. The topological polar surface area (TPSA) is 59.3 Å². The van der Waals surface area contributed by atoms with Crippen LogP contribution >= 0.6 is 0 Å². The Morgan fingerprint density at radius 3 is 2.76 bits per heavy atom. The molecule has 0 N–H and O–H groups in total. The second kappa shape index (κ2) is 7.49. The number of hydrogen-bond donors (Lipinski definition) is 0.